The highest BCUT2D eigenvalue weighted by Crippen LogP contribution is 2.44. The molecule has 0 unspecified atom stereocenters. The molecule has 0 amide bonds. The molecule has 9 nitrogen and oxygen atoms in total. The molecule has 0 saturated heterocycles. The van der Waals surface area contributed by atoms with E-state index in [2.05, 4.69) is 0 Å². The quantitative estimate of drug-likeness (QED) is 0.400. The van der Waals surface area contributed by atoms with E-state index in [1.54, 1.807) is 18.2 Å². The van der Waals surface area contributed by atoms with Crippen LogP contribution < -0.4 is 0 Å². The van der Waals surface area contributed by atoms with Crippen molar-refractivity contribution in [2.24, 2.45) is 0 Å². The third-order valence-electron chi connectivity index (χ3n) is 3.98. The number of carbonyl (C=O) groups is 1. The molecule has 1 aromatic rings. The van der Waals surface area contributed by atoms with Gasteiger partial charge >= 0.3 is 0 Å². The van der Waals surface area contributed by atoms with Gasteiger partial charge in [-0.2, -0.15) is 16.8 Å². The zero-order valence-electron chi connectivity index (χ0n) is 13.7. The summed E-state index contributed by atoms with van der Waals surface area (Å²) >= 11 is 0. The standard InChI is InChI=1S/C15H16O9S2/c1-23-14(24-2)9-8-12(13(16)11-6-4-3-5-7-11)10-15(14,25(17,18)19)26(20,21)22/h3-10H,1-2H3,(H,17,18,19)(H,20,21,22). The number of methoxy groups -OCH3 is 2. The van der Waals surface area contributed by atoms with Crippen LogP contribution in [-0.2, 0) is 29.7 Å². The van der Waals surface area contributed by atoms with Crippen LogP contribution in [0.4, 0.5) is 0 Å². The smallest absolute Gasteiger partial charge is 0.298 e. The van der Waals surface area contributed by atoms with E-state index in [0.29, 0.717) is 6.08 Å². The summed E-state index contributed by atoms with van der Waals surface area (Å²) in [4.78, 5) is 12.6. The largest absolute Gasteiger partial charge is 0.347 e. The lowest BCUT2D eigenvalue weighted by molar-refractivity contribution is -0.174. The molecule has 0 heterocycles. The lowest BCUT2D eigenvalue weighted by Gasteiger charge is -2.41. The first-order valence-electron chi connectivity index (χ1n) is 7.02. The fourth-order valence-electron chi connectivity index (χ4n) is 2.71. The van der Waals surface area contributed by atoms with Crippen molar-refractivity contribution in [2.75, 3.05) is 14.2 Å². The fraction of sp³-hybridized carbons (Fsp3) is 0.267. The van der Waals surface area contributed by atoms with E-state index >= 15 is 0 Å². The fourth-order valence-corrected chi connectivity index (χ4v) is 5.52. The van der Waals surface area contributed by atoms with E-state index in [1.807, 2.05) is 0 Å². The molecule has 1 aliphatic rings. The number of ether oxygens (including phenoxy) is 2. The molecular formula is C15H16O9S2. The Hall–Kier alpha value is -1.89. The normalized spacial score (nSPS) is 19.0. The predicted octanol–water partition coefficient (Wildman–Crippen LogP) is 0.827. The topological polar surface area (TPSA) is 144 Å². The van der Waals surface area contributed by atoms with E-state index in [9.17, 15) is 30.7 Å². The second-order valence-corrected chi connectivity index (χ2v) is 8.77. The minimum absolute atomic E-state index is 0.130. The molecule has 26 heavy (non-hydrogen) atoms. The van der Waals surface area contributed by atoms with Crippen LogP contribution in [0.5, 0.6) is 0 Å². The van der Waals surface area contributed by atoms with Gasteiger partial charge in [0, 0.05) is 25.4 Å². The van der Waals surface area contributed by atoms with Crippen LogP contribution in [0.3, 0.4) is 0 Å². The summed E-state index contributed by atoms with van der Waals surface area (Å²) < 4.78 is 73.9. The summed E-state index contributed by atoms with van der Waals surface area (Å²) in [5, 5.41) is 0. The second-order valence-electron chi connectivity index (χ2n) is 5.32. The maximum atomic E-state index is 12.6. The zero-order valence-corrected chi connectivity index (χ0v) is 15.3. The lowest BCUT2D eigenvalue weighted by atomic mass is 9.94. The molecule has 0 radical (unpaired) electrons. The zero-order chi connectivity index (χ0) is 19.8. The number of ketones is 1. The van der Waals surface area contributed by atoms with Crippen molar-refractivity contribution in [1.82, 2.24) is 0 Å². The van der Waals surface area contributed by atoms with Crippen molar-refractivity contribution < 1.29 is 40.2 Å². The summed E-state index contributed by atoms with van der Waals surface area (Å²) in [7, 11) is -9.36. The van der Waals surface area contributed by atoms with Crippen LogP contribution in [0.25, 0.3) is 0 Å². The summed E-state index contributed by atoms with van der Waals surface area (Å²) in [6.45, 7) is 0. The molecule has 0 aliphatic heterocycles. The second kappa shape index (κ2) is 6.68. The highest BCUT2D eigenvalue weighted by atomic mass is 32.3. The molecule has 0 spiro atoms. The Kier molecular flexibility index (Phi) is 5.25. The molecular weight excluding hydrogens is 388 g/mol. The van der Waals surface area contributed by atoms with Crippen LogP contribution in [-0.4, -0.2) is 55.8 Å². The Balaban J connectivity index is 2.84. The van der Waals surface area contributed by atoms with Gasteiger partial charge in [0.2, 0.25) is 5.79 Å². The van der Waals surface area contributed by atoms with Gasteiger partial charge in [-0.1, -0.05) is 30.3 Å². The lowest BCUT2D eigenvalue weighted by Crippen LogP contribution is -2.64. The number of Topliss-reactive ketones (excluding diaryl/α,β-unsaturated/α-hetero) is 1. The van der Waals surface area contributed by atoms with Crippen LogP contribution in [0.1, 0.15) is 10.4 Å². The van der Waals surface area contributed by atoms with E-state index in [1.165, 1.54) is 12.1 Å². The van der Waals surface area contributed by atoms with Gasteiger partial charge in [-0.3, -0.25) is 13.9 Å². The SMILES string of the molecule is COC1(OC)C=CC(C(=O)c2ccccc2)=CC1(S(=O)(=O)O)S(=O)(=O)O. The molecule has 2 rings (SSSR count). The van der Waals surface area contributed by atoms with Crippen molar-refractivity contribution >= 4 is 26.0 Å². The Morgan fingerprint density at radius 3 is 1.88 bits per heavy atom. The maximum absolute atomic E-state index is 12.6. The molecule has 0 fully saturated rings. The van der Waals surface area contributed by atoms with Crippen molar-refractivity contribution in [3.63, 3.8) is 0 Å². The maximum Gasteiger partial charge on any atom is 0.298 e. The van der Waals surface area contributed by atoms with Crippen molar-refractivity contribution in [2.45, 2.75) is 9.87 Å². The first-order valence-corrected chi connectivity index (χ1v) is 9.90. The predicted molar refractivity (Wildman–Crippen MR) is 90.6 cm³/mol. The molecule has 1 aliphatic carbocycles. The molecule has 0 aromatic heterocycles. The first kappa shape index (κ1) is 20.4. The van der Waals surface area contributed by atoms with Crippen LogP contribution >= 0.6 is 0 Å². The molecule has 0 saturated carbocycles. The number of benzene rings is 1. The summed E-state index contributed by atoms with van der Waals surface area (Å²) in [5.41, 5.74) is -0.276. The number of allylic oxidation sites excluding steroid dienone is 2. The number of hydrogen-bond acceptors (Lipinski definition) is 7. The highest BCUT2D eigenvalue weighted by Gasteiger charge is 2.69. The van der Waals surface area contributed by atoms with Gasteiger partial charge < -0.3 is 9.47 Å². The van der Waals surface area contributed by atoms with Crippen LogP contribution in [0.2, 0.25) is 0 Å². The average Bonchev–Trinajstić information content (AvgIpc) is 2.59. The summed E-state index contributed by atoms with van der Waals surface area (Å²) in [6.07, 6.45) is 2.31. The van der Waals surface area contributed by atoms with E-state index in [-0.39, 0.29) is 5.56 Å². The highest BCUT2D eigenvalue weighted by molar-refractivity contribution is 8.05. The summed E-state index contributed by atoms with van der Waals surface area (Å²) in [6, 6.07) is 7.59. The molecule has 0 atom stereocenters. The third-order valence-corrected chi connectivity index (χ3v) is 7.59. The Morgan fingerprint density at radius 2 is 1.46 bits per heavy atom. The van der Waals surface area contributed by atoms with Gasteiger partial charge in [-0.15, -0.1) is 0 Å². The van der Waals surface area contributed by atoms with E-state index < -0.39 is 41.5 Å². The van der Waals surface area contributed by atoms with Gasteiger partial charge in [0.25, 0.3) is 24.3 Å². The molecule has 0 bridgehead atoms. The number of rotatable bonds is 6. The minimum Gasteiger partial charge on any atom is -0.347 e. The van der Waals surface area contributed by atoms with Crippen molar-refractivity contribution in [3.8, 4) is 0 Å². The third kappa shape index (κ3) is 2.92. The van der Waals surface area contributed by atoms with Crippen molar-refractivity contribution in [3.05, 3.63) is 59.7 Å². The Labute approximate surface area is 150 Å². The molecule has 1 aromatic carbocycles. The minimum atomic E-state index is -5.59. The van der Waals surface area contributed by atoms with Gasteiger partial charge in [-0.25, -0.2) is 0 Å². The van der Waals surface area contributed by atoms with Crippen LogP contribution in [0, 0.1) is 0 Å². The number of hydrogen-bond donors (Lipinski definition) is 2. The van der Waals surface area contributed by atoms with E-state index in [0.717, 1.165) is 26.4 Å². The van der Waals surface area contributed by atoms with Gasteiger partial charge in [0.05, 0.1) is 0 Å². The Bertz CT molecular complexity index is 937. The number of carbonyl (C=O) groups excluding carboxylic acids is 1. The monoisotopic (exact) mass is 404 g/mol. The van der Waals surface area contributed by atoms with Crippen LogP contribution in [0.15, 0.2) is 54.1 Å². The van der Waals surface area contributed by atoms with Crippen molar-refractivity contribution in [1.29, 1.82) is 0 Å². The Morgan fingerprint density at radius 1 is 0.962 bits per heavy atom. The summed E-state index contributed by atoms with van der Waals surface area (Å²) in [5.74, 6) is -3.37. The molecule has 11 heteroatoms. The molecule has 2 N–H and O–H groups in total. The van der Waals surface area contributed by atoms with Gasteiger partial charge in [0.1, 0.15) is 0 Å². The van der Waals surface area contributed by atoms with Gasteiger partial charge in [-0.05, 0) is 18.2 Å². The first-order chi connectivity index (χ1) is 12.0. The van der Waals surface area contributed by atoms with E-state index in [4.69, 9.17) is 9.47 Å². The average molecular weight is 404 g/mol. The molecule has 142 valence electrons. The van der Waals surface area contributed by atoms with Gasteiger partial charge in [0.15, 0.2) is 5.78 Å².